The summed E-state index contributed by atoms with van der Waals surface area (Å²) in [4.78, 5) is 5.85. The minimum absolute atomic E-state index is 0.246. The molecule has 0 aromatic carbocycles. The van der Waals surface area contributed by atoms with Gasteiger partial charge in [-0.05, 0) is 19.5 Å². The maximum Gasteiger partial charge on any atom is 0.396 e. The summed E-state index contributed by atoms with van der Waals surface area (Å²) in [5, 5.41) is 6.58. The van der Waals surface area contributed by atoms with Crippen LogP contribution in [0.5, 0.6) is 0 Å². The molecule has 2 rings (SSSR count). The van der Waals surface area contributed by atoms with Gasteiger partial charge in [-0.3, -0.25) is 4.90 Å². The number of hydrogen-bond donors (Lipinski definition) is 1. The van der Waals surface area contributed by atoms with Crippen molar-refractivity contribution in [3.63, 3.8) is 0 Å². The Labute approximate surface area is 102 Å². The molecule has 0 saturated carbocycles. The minimum atomic E-state index is -4.30. The molecule has 1 aliphatic rings. The first-order valence-corrected chi connectivity index (χ1v) is 5.84. The van der Waals surface area contributed by atoms with Gasteiger partial charge in [-0.1, -0.05) is 5.16 Å². The van der Waals surface area contributed by atoms with Gasteiger partial charge >= 0.3 is 6.18 Å². The second kappa shape index (κ2) is 5.66. The Morgan fingerprint density at radius 3 is 2.89 bits per heavy atom. The smallest absolute Gasteiger partial charge is 0.338 e. The van der Waals surface area contributed by atoms with Crippen LogP contribution in [0, 0.1) is 0 Å². The molecule has 18 heavy (non-hydrogen) atoms. The molecule has 1 saturated heterocycles. The van der Waals surface area contributed by atoms with E-state index < -0.39 is 12.6 Å². The number of alkyl halides is 3. The Morgan fingerprint density at radius 1 is 1.28 bits per heavy atom. The summed E-state index contributed by atoms with van der Waals surface area (Å²) in [5.74, 6) is -0.0541. The molecule has 1 aliphatic heterocycles. The molecule has 0 unspecified atom stereocenters. The van der Waals surface area contributed by atoms with Crippen LogP contribution in [0.2, 0.25) is 0 Å². The second-order valence-electron chi connectivity index (χ2n) is 4.28. The molecule has 1 N–H and O–H groups in total. The lowest BCUT2D eigenvalue weighted by Gasteiger charge is -2.16. The first kappa shape index (κ1) is 13.3. The van der Waals surface area contributed by atoms with Gasteiger partial charge in [0.05, 0.1) is 6.54 Å². The van der Waals surface area contributed by atoms with Crippen molar-refractivity contribution in [3.8, 4) is 0 Å². The standard InChI is InChI=1S/C10H15F3N4O/c11-10(12,13)6-8-15-9(18-16-8)7-17-4-1-2-14-3-5-17/h14H,1-7H2. The topological polar surface area (TPSA) is 54.2 Å². The molecular weight excluding hydrogens is 249 g/mol. The molecule has 1 fully saturated rings. The number of aromatic nitrogens is 2. The summed E-state index contributed by atoms with van der Waals surface area (Å²) in [5.41, 5.74) is 0. The van der Waals surface area contributed by atoms with E-state index in [9.17, 15) is 13.2 Å². The number of nitrogens with zero attached hydrogens (tertiary/aromatic N) is 3. The molecule has 1 aromatic heterocycles. The Balaban J connectivity index is 1.89. The first-order chi connectivity index (χ1) is 8.53. The van der Waals surface area contributed by atoms with Gasteiger partial charge in [0.25, 0.3) is 0 Å². The predicted octanol–water partition coefficient (Wildman–Crippen LogP) is 0.970. The zero-order valence-corrected chi connectivity index (χ0v) is 9.83. The third-order valence-corrected chi connectivity index (χ3v) is 2.66. The molecule has 0 spiro atoms. The number of halogens is 3. The van der Waals surface area contributed by atoms with Crippen molar-refractivity contribution in [2.24, 2.45) is 0 Å². The highest BCUT2D eigenvalue weighted by Gasteiger charge is 2.30. The first-order valence-electron chi connectivity index (χ1n) is 5.84. The molecule has 0 bridgehead atoms. The van der Waals surface area contributed by atoms with E-state index in [1.54, 1.807) is 0 Å². The van der Waals surface area contributed by atoms with Crippen molar-refractivity contribution in [3.05, 3.63) is 11.7 Å². The van der Waals surface area contributed by atoms with E-state index >= 15 is 0 Å². The van der Waals surface area contributed by atoms with Crippen LogP contribution in [0.1, 0.15) is 18.1 Å². The van der Waals surface area contributed by atoms with Crippen molar-refractivity contribution >= 4 is 0 Å². The lowest BCUT2D eigenvalue weighted by atomic mass is 10.4. The zero-order valence-electron chi connectivity index (χ0n) is 9.83. The van der Waals surface area contributed by atoms with E-state index in [0.717, 1.165) is 32.6 Å². The van der Waals surface area contributed by atoms with Gasteiger partial charge in [0.1, 0.15) is 6.42 Å². The minimum Gasteiger partial charge on any atom is -0.338 e. The summed E-state index contributed by atoms with van der Waals surface area (Å²) in [6.07, 6.45) is -4.44. The third-order valence-electron chi connectivity index (χ3n) is 2.66. The fraction of sp³-hybridized carbons (Fsp3) is 0.800. The van der Waals surface area contributed by atoms with Crippen LogP contribution in [-0.4, -0.2) is 47.4 Å². The Bertz CT molecular complexity index is 371. The Morgan fingerprint density at radius 2 is 2.11 bits per heavy atom. The second-order valence-corrected chi connectivity index (χ2v) is 4.28. The van der Waals surface area contributed by atoms with Crippen LogP contribution in [0.3, 0.4) is 0 Å². The molecule has 0 aliphatic carbocycles. The van der Waals surface area contributed by atoms with E-state index in [-0.39, 0.29) is 11.7 Å². The molecular formula is C10H15F3N4O. The lowest BCUT2D eigenvalue weighted by molar-refractivity contribution is -0.128. The number of rotatable bonds is 3. The average Bonchev–Trinajstić information content (AvgIpc) is 2.53. The molecule has 102 valence electrons. The SMILES string of the molecule is FC(F)(F)Cc1noc(CN2CCCNCC2)n1. The summed E-state index contributed by atoms with van der Waals surface area (Å²) in [7, 11) is 0. The molecule has 5 nitrogen and oxygen atoms in total. The molecule has 8 heteroatoms. The van der Waals surface area contributed by atoms with Crippen molar-refractivity contribution in [1.29, 1.82) is 0 Å². The van der Waals surface area contributed by atoms with E-state index in [0.29, 0.717) is 6.54 Å². The third kappa shape index (κ3) is 4.26. The fourth-order valence-corrected chi connectivity index (χ4v) is 1.86. The summed E-state index contributed by atoms with van der Waals surface area (Å²) in [6.45, 7) is 3.94. The van der Waals surface area contributed by atoms with Crippen molar-refractivity contribution < 1.29 is 17.7 Å². The van der Waals surface area contributed by atoms with E-state index in [4.69, 9.17) is 4.52 Å². The fourth-order valence-electron chi connectivity index (χ4n) is 1.86. The molecule has 0 atom stereocenters. The average molecular weight is 264 g/mol. The van der Waals surface area contributed by atoms with Gasteiger partial charge in [-0.25, -0.2) is 0 Å². The lowest BCUT2D eigenvalue weighted by Crippen LogP contribution is -2.27. The van der Waals surface area contributed by atoms with Crippen molar-refractivity contribution in [2.45, 2.75) is 25.6 Å². The van der Waals surface area contributed by atoms with E-state index in [1.807, 2.05) is 0 Å². The largest absolute Gasteiger partial charge is 0.396 e. The molecule has 2 heterocycles. The van der Waals surface area contributed by atoms with Crippen LogP contribution < -0.4 is 5.32 Å². The number of nitrogens with one attached hydrogen (secondary N) is 1. The summed E-state index contributed by atoms with van der Waals surface area (Å²) >= 11 is 0. The quantitative estimate of drug-likeness (QED) is 0.881. The molecule has 0 radical (unpaired) electrons. The van der Waals surface area contributed by atoms with Crippen molar-refractivity contribution in [1.82, 2.24) is 20.4 Å². The highest BCUT2D eigenvalue weighted by molar-refractivity contribution is 4.89. The predicted molar refractivity (Wildman–Crippen MR) is 56.8 cm³/mol. The van der Waals surface area contributed by atoms with Gasteiger partial charge in [0.2, 0.25) is 5.89 Å². The highest BCUT2D eigenvalue weighted by Crippen LogP contribution is 2.19. The van der Waals surface area contributed by atoms with Crippen LogP contribution in [0.4, 0.5) is 13.2 Å². The van der Waals surface area contributed by atoms with Gasteiger partial charge in [-0.15, -0.1) is 0 Å². The Hall–Kier alpha value is -1.15. The van der Waals surface area contributed by atoms with E-state index in [1.165, 1.54) is 0 Å². The van der Waals surface area contributed by atoms with Crippen LogP contribution >= 0.6 is 0 Å². The van der Waals surface area contributed by atoms with Gasteiger partial charge in [0, 0.05) is 13.1 Å². The van der Waals surface area contributed by atoms with Crippen LogP contribution in [0.15, 0.2) is 4.52 Å². The zero-order chi connectivity index (χ0) is 13.0. The van der Waals surface area contributed by atoms with Gasteiger partial charge in [0.15, 0.2) is 5.82 Å². The molecule has 0 amide bonds. The number of hydrogen-bond acceptors (Lipinski definition) is 5. The summed E-state index contributed by atoms with van der Waals surface area (Å²) in [6, 6.07) is 0. The van der Waals surface area contributed by atoms with Crippen molar-refractivity contribution in [2.75, 3.05) is 26.2 Å². The highest BCUT2D eigenvalue weighted by atomic mass is 19.4. The van der Waals surface area contributed by atoms with Crippen LogP contribution in [-0.2, 0) is 13.0 Å². The normalized spacial score (nSPS) is 18.8. The maximum absolute atomic E-state index is 12.1. The van der Waals surface area contributed by atoms with Crippen LogP contribution in [0.25, 0.3) is 0 Å². The van der Waals surface area contributed by atoms with Gasteiger partial charge < -0.3 is 9.84 Å². The maximum atomic E-state index is 12.1. The van der Waals surface area contributed by atoms with E-state index in [2.05, 4.69) is 20.4 Å². The molecule has 1 aromatic rings. The Kier molecular flexibility index (Phi) is 4.18. The summed E-state index contributed by atoms with van der Waals surface area (Å²) < 4.78 is 41.2. The van der Waals surface area contributed by atoms with Gasteiger partial charge in [-0.2, -0.15) is 18.2 Å². The monoisotopic (exact) mass is 264 g/mol.